The maximum Gasteiger partial charge on any atom is 0.322 e. The van der Waals surface area contributed by atoms with Gasteiger partial charge >= 0.3 is 6.03 Å². The van der Waals surface area contributed by atoms with E-state index in [9.17, 15) is 9.59 Å². The Hall–Kier alpha value is -2.36. The second-order valence-electron chi connectivity index (χ2n) is 6.83. The summed E-state index contributed by atoms with van der Waals surface area (Å²) in [5, 5.41) is 6.75. The first kappa shape index (κ1) is 19.9. The van der Waals surface area contributed by atoms with Crippen molar-refractivity contribution in [3.63, 3.8) is 0 Å². The summed E-state index contributed by atoms with van der Waals surface area (Å²) in [5.74, 6) is 0.383. The van der Waals surface area contributed by atoms with Crippen LogP contribution in [-0.2, 0) is 22.5 Å². The highest BCUT2D eigenvalue weighted by Gasteiger charge is 2.27. The van der Waals surface area contributed by atoms with Crippen molar-refractivity contribution in [2.75, 3.05) is 30.9 Å². The van der Waals surface area contributed by atoms with Crippen molar-refractivity contribution in [3.8, 4) is 5.75 Å². The zero-order valence-electron chi connectivity index (χ0n) is 15.9. The lowest BCUT2D eigenvalue weighted by Crippen LogP contribution is -2.38. The second kappa shape index (κ2) is 8.56. The third-order valence-electron chi connectivity index (χ3n) is 4.87. The van der Waals surface area contributed by atoms with Crippen molar-refractivity contribution in [3.05, 3.63) is 33.8 Å². The van der Waals surface area contributed by atoms with Gasteiger partial charge in [0.2, 0.25) is 0 Å². The summed E-state index contributed by atoms with van der Waals surface area (Å²) in [5.41, 5.74) is 1.44. The van der Waals surface area contributed by atoms with Crippen LogP contribution in [0.1, 0.15) is 23.4 Å². The molecule has 4 rings (SSSR count). The summed E-state index contributed by atoms with van der Waals surface area (Å²) in [6.07, 6.45) is 1.86. The van der Waals surface area contributed by atoms with Crippen molar-refractivity contribution in [1.29, 1.82) is 0 Å². The van der Waals surface area contributed by atoms with E-state index in [1.54, 1.807) is 23.1 Å². The van der Waals surface area contributed by atoms with E-state index in [-0.39, 0.29) is 11.9 Å². The predicted octanol–water partition coefficient (Wildman–Crippen LogP) is 3.51. The highest BCUT2D eigenvalue weighted by molar-refractivity contribution is 7.15. The number of aromatic nitrogens is 1. The van der Waals surface area contributed by atoms with Crippen LogP contribution in [0.4, 0.5) is 15.6 Å². The molecule has 1 saturated heterocycles. The lowest BCUT2D eigenvalue weighted by Gasteiger charge is -2.26. The van der Waals surface area contributed by atoms with E-state index in [0.29, 0.717) is 47.7 Å². The van der Waals surface area contributed by atoms with Crippen LogP contribution in [0.25, 0.3) is 0 Å². The molecule has 1 atom stereocenters. The number of methoxy groups -OCH3 is 1. The first-order chi connectivity index (χ1) is 14.0. The number of thiazole rings is 1. The maximum absolute atomic E-state index is 12.7. The Labute approximate surface area is 177 Å². The molecule has 0 bridgehead atoms. The fourth-order valence-electron chi connectivity index (χ4n) is 3.36. The van der Waals surface area contributed by atoms with E-state index in [2.05, 4.69) is 15.6 Å². The van der Waals surface area contributed by atoms with Crippen LogP contribution in [0.2, 0.25) is 5.02 Å². The van der Waals surface area contributed by atoms with Gasteiger partial charge in [0, 0.05) is 29.5 Å². The van der Waals surface area contributed by atoms with E-state index >= 15 is 0 Å². The third kappa shape index (κ3) is 4.47. The normalized spacial score (nSPS) is 18.3. The molecule has 3 heterocycles. The first-order valence-corrected chi connectivity index (χ1v) is 10.5. The largest absolute Gasteiger partial charge is 0.495 e. The molecule has 1 aromatic carbocycles. The van der Waals surface area contributed by atoms with Crippen molar-refractivity contribution in [2.45, 2.75) is 31.9 Å². The molecule has 29 heavy (non-hydrogen) atoms. The van der Waals surface area contributed by atoms with Crippen LogP contribution in [0.15, 0.2) is 18.2 Å². The Kier molecular flexibility index (Phi) is 5.89. The van der Waals surface area contributed by atoms with Gasteiger partial charge in [0.1, 0.15) is 11.9 Å². The fourth-order valence-corrected chi connectivity index (χ4v) is 4.56. The van der Waals surface area contributed by atoms with Crippen molar-refractivity contribution in [2.24, 2.45) is 0 Å². The quantitative estimate of drug-likeness (QED) is 0.765. The molecule has 10 heteroatoms. The number of rotatable bonds is 4. The Bertz CT molecular complexity index is 929. The van der Waals surface area contributed by atoms with E-state index in [4.69, 9.17) is 21.1 Å². The molecule has 2 aromatic rings. The van der Waals surface area contributed by atoms with E-state index < -0.39 is 6.10 Å². The van der Waals surface area contributed by atoms with Gasteiger partial charge in [-0.15, -0.1) is 0 Å². The summed E-state index contributed by atoms with van der Waals surface area (Å²) >= 11 is 7.42. The second-order valence-corrected chi connectivity index (χ2v) is 8.35. The van der Waals surface area contributed by atoms with Gasteiger partial charge in [-0.2, -0.15) is 0 Å². The van der Waals surface area contributed by atoms with Gasteiger partial charge < -0.3 is 19.7 Å². The molecular formula is C19H21ClN4O4S. The number of ether oxygens (including phenoxy) is 2. The number of anilines is 2. The lowest BCUT2D eigenvalue weighted by atomic mass is 10.2. The molecule has 8 nitrogen and oxygen atoms in total. The van der Waals surface area contributed by atoms with Crippen LogP contribution < -0.4 is 15.4 Å². The molecule has 2 aliphatic rings. The monoisotopic (exact) mass is 436 g/mol. The summed E-state index contributed by atoms with van der Waals surface area (Å²) in [4.78, 5) is 32.1. The lowest BCUT2D eigenvalue weighted by molar-refractivity contribution is -0.124. The minimum Gasteiger partial charge on any atom is -0.495 e. The molecule has 2 N–H and O–H groups in total. The smallest absolute Gasteiger partial charge is 0.322 e. The molecule has 0 spiro atoms. The van der Waals surface area contributed by atoms with Gasteiger partial charge in [-0.25, -0.2) is 9.78 Å². The molecule has 2 aliphatic heterocycles. The molecule has 3 amide bonds. The van der Waals surface area contributed by atoms with Gasteiger partial charge in [-0.3, -0.25) is 10.1 Å². The number of fused-ring (bicyclic) bond motifs is 1. The van der Waals surface area contributed by atoms with Gasteiger partial charge in [0.25, 0.3) is 5.91 Å². The number of amides is 3. The number of halogens is 1. The SMILES string of the molecule is COc1ccc(Cl)cc1NC(=O)N1CCc2nc(NC(=O)[C@H]3CCCO3)sc2C1. The molecule has 0 saturated carbocycles. The predicted molar refractivity (Wildman–Crippen MR) is 111 cm³/mol. The van der Waals surface area contributed by atoms with Crippen LogP contribution in [0, 0.1) is 0 Å². The standard InChI is InChI=1S/C19H21ClN4O4S/c1-27-14-5-4-11(20)9-13(14)22-19(26)24-7-6-12-16(10-24)29-18(21-12)23-17(25)15-3-2-8-28-15/h4-5,9,15H,2-3,6-8,10H2,1H3,(H,22,26)(H,21,23,25)/t15-/m1/s1. The summed E-state index contributed by atoms with van der Waals surface area (Å²) in [6.45, 7) is 1.58. The minimum absolute atomic E-state index is 0.156. The Balaban J connectivity index is 1.40. The molecular weight excluding hydrogens is 416 g/mol. The molecule has 1 fully saturated rings. The van der Waals surface area contributed by atoms with Crippen molar-refractivity contribution >= 4 is 45.7 Å². The number of urea groups is 1. The Morgan fingerprint density at radius 1 is 1.38 bits per heavy atom. The number of hydrogen-bond donors (Lipinski definition) is 2. The third-order valence-corrected chi connectivity index (χ3v) is 6.11. The highest BCUT2D eigenvalue weighted by atomic mass is 35.5. The number of benzene rings is 1. The number of hydrogen-bond acceptors (Lipinski definition) is 6. The van der Waals surface area contributed by atoms with Gasteiger partial charge in [0.05, 0.1) is 25.0 Å². The topological polar surface area (TPSA) is 92.8 Å². The average molecular weight is 437 g/mol. The molecule has 0 radical (unpaired) electrons. The number of nitrogens with one attached hydrogen (secondary N) is 2. The van der Waals surface area contributed by atoms with Gasteiger partial charge in [-0.1, -0.05) is 22.9 Å². The summed E-state index contributed by atoms with van der Waals surface area (Å²) in [6, 6.07) is 4.82. The minimum atomic E-state index is -0.397. The van der Waals surface area contributed by atoms with Crippen LogP contribution in [0.3, 0.4) is 0 Å². The van der Waals surface area contributed by atoms with E-state index in [1.807, 2.05) is 0 Å². The summed E-state index contributed by atoms with van der Waals surface area (Å²) < 4.78 is 10.7. The summed E-state index contributed by atoms with van der Waals surface area (Å²) in [7, 11) is 1.54. The molecule has 1 aromatic heterocycles. The number of carbonyl (C=O) groups is 2. The zero-order valence-corrected chi connectivity index (χ0v) is 17.4. The number of carbonyl (C=O) groups excluding carboxylic acids is 2. The number of nitrogens with zero attached hydrogens (tertiary/aromatic N) is 2. The van der Waals surface area contributed by atoms with Crippen LogP contribution in [-0.4, -0.2) is 48.2 Å². The first-order valence-electron chi connectivity index (χ1n) is 9.34. The van der Waals surface area contributed by atoms with Crippen molar-refractivity contribution in [1.82, 2.24) is 9.88 Å². The molecule has 154 valence electrons. The van der Waals surface area contributed by atoms with E-state index in [0.717, 1.165) is 23.4 Å². The van der Waals surface area contributed by atoms with Gasteiger partial charge in [0.15, 0.2) is 5.13 Å². The van der Waals surface area contributed by atoms with Crippen LogP contribution in [0.5, 0.6) is 5.75 Å². The van der Waals surface area contributed by atoms with E-state index in [1.165, 1.54) is 18.4 Å². The van der Waals surface area contributed by atoms with Crippen LogP contribution >= 0.6 is 22.9 Å². The average Bonchev–Trinajstić information content (AvgIpc) is 3.37. The highest BCUT2D eigenvalue weighted by Crippen LogP contribution is 2.31. The Morgan fingerprint density at radius 2 is 2.24 bits per heavy atom. The maximum atomic E-state index is 12.7. The fraction of sp³-hybridized carbons (Fsp3) is 0.421. The molecule has 0 aliphatic carbocycles. The molecule has 0 unspecified atom stereocenters. The van der Waals surface area contributed by atoms with Gasteiger partial charge in [-0.05, 0) is 31.0 Å². The Morgan fingerprint density at radius 3 is 3.00 bits per heavy atom. The zero-order chi connectivity index (χ0) is 20.4. The van der Waals surface area contributed by atoms with Crippen molar-refractivity contribution < 1.29 is 19.1 Å².